The van der Waals surface area contributed by atoms with Crippen LogP contribution in [-0.2, 0) is 19.1 Å². The number of hydrogen-bond donors (Lipinski definition) is 0. The Balaban J connectivity index is 1.65. The van der Waals surface area contributed by atoms with Gasteiger partial charge in [0.25, 0.3) is 0 Å². The molecule has 4 aliphatic carbocycles. The Morgan fingerprint density at radius 2 is 1.97 bits per heavy atom. The molecule has 4 nitrogen and oxygen atoms in total. The zero-order chi connectivity index (χ0) is 21.7. The van der Waals surface area contributed by atoms with E-state index in [4.69, 9.17) is 4.74 Å². The van der Waals surface area contributed by atoms with Crippen molar-refractivity contribution in [3.63, 3.8) is 0 Å². The number of allylic oxidation sites excluding steroid dienone is 1. The van der Waals surface area contributed by atoms with Gasteiger partial charge >= 0.3 is 5.97 Å². The molecule has 0 amide bonds. The molecule has 0 unspecified atom stereocenters. The minimum absolute atomic E-state index is 0.0690. The van der Waals surface area contributed by atoms with Gasteiger partial charge in [0.1, 0.15) is 0 Å². The second kappa shape index (κ2) is 7.76. The van der Waals surface area contributed by atoms with E-state index < -0.39 is 5.60 Å². The molecule has 0 bridgehead atoms. The number of esters is 1. The summed E-state index contributed by atoms with van der Waals surface area (Å²) in [6, 6.07) is 0. The lowest BCUT2D eigenvalue weighted by Crippen LogP contribution is -2.58. The molecule has 4 rings (SSSR count). The molecule has 0 spiro atoms. The largest absolute Gasteiger partial charge is 0.446 e. The summed E-state index contributed by atoms with van der Waals surface area (Å²) in [4.78, 5) is 37.7. The third-order valence-corrected chi connectivity index (χ3v) is 8.96. The Morgan fingerprint density at radius 1 is 1.20 bits per heavy atom. The van der Waals surface area contributed by atoms with Gasteiger partial charge in [-0.3, -0.25) is 14.4 Å². The van der Waals surface area contributed by atoms with Gasteiger partial charge < -0.3 is 4.74 Å². The van der Waals surface area contributed by atoms with E-state index in [1.54, 1.807) is 6.92 Å². The van der Waals surface area contributed by atoms with Gasteiger partial charge in [0.15, 0.2) is 17.2 Å². The first-order chi connectivity index (χ1) is 14.2. The predicted octanol–water partition coefficient (Wildman–Crippen LogP) is 5.36. The van der Waals surface area contributed by atoms with E-state index in [0.717, 1.165) is 56.9 Å². The van der Waals surface area contributed by atoms with E-state index in [9.17, 15) is 14.4 Å². The van der Waals surface area contributed by atoms with E-state index in [0.29, 0.717) is 36.5 Å². The Labute approximate surface area is 180 Å². The Kier molecular flexibility index (Phi) is 5.57. The number of ketones is 2. The standard InChI is InChI=1S/C26H36O4/c1-5-6-7-24(29)30-26(17(3)27)16(2)14-23-22-10-8-18-15-19(28)9-11-20(18)21(22)12-13-25(23,26)4/h15,20-23H,2,5-14H2,1,3-4H3/t20-,21+,22+,23-,25-,26-/m0/s1. The number of carbonyl (C=O) groups excluding carboxylic acids is 3. The summed E-state index contributed by atoms with van der Waals surface area (Å²) in [7, 11) is 0. The second-order valence-corrected chi connectivity index (χ2v) is 10.4. The third-order valence-electron chi connectivity index (χ3n) is 8.96. The monoisotopic (exact) mass is 412 g/mol. The number of ether oxygens (including phenoxy) is 1. The van der Waals surface area contributed by atoms with Crippen molar-refractivity contribution in [2.24, 2.45) is 29.1 Å². The van der Waals surface area contributed by atoms with Crippen LogP contribution in [0.3, 0.4) is 0 Å². The molecular formula is C26H36O4. The molecule has 0 aromatic heterocycles. The predicted molar refractivity (Wildman–Crippen MR) is 116 cm³/mol. The number of fused-ring (bicyclic) bond motifs is 5. The van der Waals surface area contributed by atoms with Gasteiger partial charge in [0.05, 0.1) is 0 Å². The number of Topliss-reactive ketones (excluding diaryl/α,β-unsaturated/α-hetero) is 1. The molecule has 0 saturated heterocycles. The Morgan fingerprint density at radius 3 is 2.67 bits per heavy atom. The summed E-state index contributed by atoms with van der Waals surface area (Å²) in [6.07, 6.45) is 10.3. The molecule has 0 aromatic rings. The summed E-state index contributed by atoms with van der Waals surface area (Å²) < 4.78 is 6.10. The highest BCUT2D eigenvalue weighted by molar-refractivity contribution is 5.93. The number of hydrogen-bond acceptors (Lipinski definition) is 4. The van der Waals surface area contributed by atoms with Crippen LogP contribution in [0.4, 0.5) is 0 Å². The first-order valence-electron chi connectivity index (χ1n) is 11.9. The van der Waals surface area contributed by atoms with Crippen molar-refractivity contribution < 1.29 is 19.1 Å². The van der Waals surface area contributed by atoms with Crippen molar-refractivity contribution in [1.82, 2.24) is 0 Å². The molecule has 0 aliphatic heterocycles. The van der Waals surface area contributed by atoms with Crippen LogP contribution in [0.15, 0.2) is 23.8 Å². The number of rotatable bonds is 5. The molecule has 3 fully saturated rings. The topological polar surface area (TPSA) is 60.4 Å². The molecule has 0 heterocycles. The van der Waals surface area contributed by atoms with Crippen LogP contribution in [0.5, 0.6) is 0 Å². The van der Waals surface area contributed by atoms with Crippen molar-refractivity contribution >= 4 is 17.5 Å². The Hall–Kier alpha value is -1.71. The first-order valence-corrected chi connectivity index (χ1v) is 11.9. The lowest BCUT2D eigenvalue weighted by atomic mass is 9.50. The summed E-state index contributed by atoms with van der Waals surface area (Å²) in [5, 5.41) is 0. The van der Waals surface area contributed by atoms with Crippen LogP contribution in [0.2, 0.25) is 0 Å². The van der Waals surface area contributed by atoms with Gasteiger partial charge in [0.2, 0.25) is 0 Å². The second-order valence-electron chi connectivity index (χ2n) is 10.4. The summed E-state index contributed by atoms with van der Waals surface area (Å²) >= 11 is 0. The van der Waals surface area contributed by atoms with Gasteiger partial charge in [-0.2, -0.15) is 0 Å². The fraction of sp³-hybridized carbons (Fsp3) is 0.731. The van der Waals surface area contributed by atoms with Crippen LogP contribution in [0.1, 0.15) is 85.0 Å². The maximum absolute atomic E-state index is 13.1. The van der Waals surface area contributed by atoms with Crippen LogP contribution < -0.4 is 0 Å². The van der Waals surface area contributed by atoms with Crippen LogP contribution in [0.25, 0.3) is 0 Å². The smallest absolute Gasteiger partial charge is 0.307 e. The quantitative estimate of drug-likeness (QED) is 0.451. The summed E-state index contributed by atoms with van der Waals surface area (Å²) in [6.45, 7) is 10.1. The van der Waals surface area contributed by atoms with Gasteiger partial charge in [-0.1, -0.05) is 32.4 Å². The lowest BCUT2D eigenvalue weighted by Gasteiger charge is -2.55. The molecule has 6 atom stereocenters. The maximum atomic E-state index is 13.1. The molecule has 30 heavy (non-hydrogen) atoms. The van der Waals surface area contributed by atoms with Crippen molar-refractivity contribution in [2.75, 3.05) is 0 Å². The molecule has 3 saturated carbocycles. The minimum Gasteiger partial charge on any atom is -0.446 e. The van der Waals surface area contributed by atoms with Crippen molar-refractivity contribution in [3.8, 4) is 0 Å². The van der Waals surface area contributed by atoms with Gasteiger partial charge in [-0.15, -0.1) is 0 Å². The highest BCUT2D eigenvalue weighted by Crippen LogP contribution is 2.67. The molecule has 4 heteroatoms. The third kappa shape index (κ3) is 3.05. The normalized spacial score (nSPS) is 40.2. The van der Waals surface area contributed by atoms with Gasteiger partial charge in [-0.05, 0) is 87.2 Å². The molecule has 4 aliphatic rings. The maximum Gasteiger partial charge on any atom is 0.307 e. The average molecular weight is 413 g/mol. The molecule has 0 aromatic carbocycles. The van der Waals surface area contributed by atoms with Crippen LogP contribution in [0, 0.1) is 29.1 Å². The fourth-order valence-corrected chi connectivity index (χ4v) is 7.58. The van der Waals surface area contributed by atoms with Gasteiger partial charge in [-0.25, -0.2) is 0 Å². The van der Waals surface area contributed by atoms with E-state index in [2.05, 4.69) is 13.5 Å². The summed E-state index contributed by atoms with van der Waals surface area (Å²) in [5.74, 6) is 1.85. The van der Waals surface area contributed by atoms with E-state index in [-0.39, 0.29) is 23.0 Å². The van der Waals surface area contributed by atoms with Crippen molar-refractivity contribution in [2.45, 2.75) is 90.6 Å². The van der Waals surface area contributed by atoms with Crippen molar-refractivity contribution in [3.05, 3.63) is 23.8 Å². The Bertz CT molecular complexity index is 808. The fourth-order valence-electron chi connectivity index (χ4n) is 7.58. The average Bonchev–Trinajstić information content (AvgIpc) is 2.93. The summed E-state index contributed by atoms with van der Waals surface area (Å²) in [5.41, 5.74) is 0.599. The molecule has 164 valence electrons. The van der Waals surface area contributed by atoms with Crippen molar-refractivity contribution in [1.29, 1.82) is 0 Å². The number of carbonyl (C=O) groups is 3. The SMILES string of the molecule is C=C1C[C@H]2[C@@H]3CCC4=CC(=O)CC[C@@H]4[C@H]3CC[C@]2(C)[C@@]1(OC(=O)CCCC)C(C)=O. The lowest BCUT2D eigenvalue weighted by molar-refractivity contribution is -0.182. The zero-order valence-electron chi connectivity index (χ0n) is 18.8. The molecule has 0 radical (unpaired) electrons. The van der Waals surface area contributed by atoms with Gasteiger partial charge in [0, 0.05) is 18.3 Å². The van der Waals surface area contributed by atoms with E-state index in [1.807, 2.05) is 13.0 Å². The highest BCUT2D eigenvalue weighted by atomic mass is 16.6. The highest BCUT2D eigenvalue weighted by Gasteiger charge is 2.68. The zero-order valence-corrected chi connectivity index (χ0v) is 18.8. The molecular weight excluding hydrogens is 376 g/mol. The van der Waals surface area contributed by atoms with E-state index >= 15 is 0 Å². The van der Waals surface area contributed by atoms with E-state index in [1.165, 1.54) is 5.57 Å². The van der Waals surface area contributed by atoms with Crippen LogP contribution in [-0.4, -0.2) is 23.1 Å². The number of unbranched alkanes of at least 4 members (excludes halogenated alkanes) is 1. The minimum atomic E-state index is -1.17. The molecule has 0 N–H and O–H groups in total. The first kappa shape index (κ1) is 21.5. The van der Waals surface area contributed by atoms with Crippen LogP contribution >= 0.6 is 0 Å².